The molecule has 0 aromatic carbocycles. The van der Waals surface area contributed by atoms with Crippen molar-refractivity contribution in [2.75, 3.05) is 11.9 Å². The zero-order chi connectivity index (χ0) is 14.4. The lowest BCUT2D eigenvalue weighted by Gasteiger charge is -2.10. The number of hydrogen-bond donors (Lipinski definition) is 1. The highest BCUT2D eigenvalue weighted by molar-refractivity contribution is 5.33. The Morgan fingerprint density at radius 1 is 1.25 bits per heavy atom. The van der Waals surface area contributed by atoms with Gasteiger partial charge in [0, 0.05) is 30.7 Å². The van der Waals surface area contributed by atoms with Crippen molar-refractivity contribution < 1.29 is 4.74 Å². The number of rotatable bonds is 6. The van der Waals surface area contributed by atoms with Crippen molar-refractivity contribution >= 4 is 5.95 Å². The summed E-state index contributed by atoms with van der Waals surface area (Å²) in [7, 11) is 0. The Balaban J connectivity index is 2.05. The molecule has 5 nitrogen and oxygen atoms in total. The first-order valence-corrected chi connectivity index (χ1v) is 6.81. The third kappa shape index (κ3) is 3.91. The molecule has 0 bridgehead atoms. The fourth-order valence-electron chi connectivity index (χ4n) is 1.76. The molecule has 0 aliphatic heterocycles. The molecule has 0 fully saturated rings. The van der Waals surface area contributed by atoms with Gasteiger partial charge in [-0.1, -0.05) is 6.92 Å². The second-order valence-electron chi connectivity index (χ2n) is 4.68. The van der Waals surface area contributed by atoms with Gasteiger partial charge in [-0.05, 0) is 37.5 Å². The molecule has 0 saturated carbocycles. The van der Waals surface area contributed by atoms with Crippen molar-refractivity contribution in [2.24, 2.45) is 0 Å². The summed E-state index contributed by atoms with van der Waals surface area (Å²) in [6, 6.07) is 3.83. The van der Waals surface area contributed by atoms with Crippen LogP contribution in [0.3, 0.4) is 0 Å². The summed E-state index contributed by atoms with van der Waals surface area (Å²) >= 11 is 0. The minimum Gasteiger partial charge on any atom is -0.478 e. The molecule has 20 heavy (non-hydrogen) atoms. The van der Waals surface area contributed by atoms with E-state index >= 15 is 0 Å². The van der Waals surface area contributed by atoms with Gasteiger partial charge in [-0.2, -0.15) is 4.98 Å². The van der Waals surface area contributed by atoms with E-state index in [0.29, 0.717) is 25.0 Å². The standard InChI is InChI=1S/C15H20N4O/c1-4-7-20-14-8-12(3)18-15(19-14)17-10-13-9-16-6-5-11(13)2/h5-6,8-9H,4,7,10H2,1-3H3,(H,17,18,19). The van der Waals surface area contributed by atoms with E-state index in [1.54, 1.807) is 6.20 Å². The number of ether oxygens (including phenoxy) is 1. The van der Waals surface area contributed by atoms with E-state index in [0.717, 1.165) is 17.7 Å². The highest BCUT2D eigenvalue weighted by atomic mass is 16.5. The predicted octanol–water partition coefficient (Wildman–Crippen LogP) is 2.89. The first-order chi connectivity index (χ1) is 9.69. The smallest absolute Gasteiger partial charge is 0.226 e. The topological polar surface area (TPSA) is 59.9 Å². The SMILES string of the molecule is CCCOc1cc(C)nc(NCc2cnccc2C)n1. The molecule has 0 atom stereocenters. The molecule has 2 aromatic heterocycles. The summed E-state index contributed by atoms with van der Waals surface area (Å²) in [5.41, 5.74) is 3.22. The number of hydrogen-bond acceptors (Lipinski definition) is 5. The first kappa shape index (κ1) is 14.2. The van der Waals surface area contributed by atoms with Crippen LogP contribution in [0.15, 0.2) is 24.5 Å². The van der Waals surface area contributed by atoms with E-state index in [2.05, 4.69) is 34.1 Å². The van der Waals surface area contributed by atoms with Gasteiger partial charge in [-0.15, -0.1) is 0 Å². The van der Waals surface area contributed by atoms with Crippen LogP contribution in [0.4, 0.5) is 5.95 Å². The fraction of sp³-hybridized carbons (Fsp3) is 0.400. The van der Waals surface area contributed by atoms with Gasteiger partial charge < -0.3 is 10.1 Å². The lowest BCUT2D eigenvalue weighted by atomic mass is 10.2. The van der Waals surface area contributed by atoms with Crippen LogP contribution in [0.2, 0.25) is 0 Å². The maximum atomic E-state index is 5.55. The summed E-state index contributed by atoms with van der Waals surface area (Å²) < 4.78 is 5.55. The van der Waals surface area contributed by atoms with Crippen LogP contribution in [-0.4, -0.2) is 21.6 Å². The van der Waals surface area contributed by atoms with Crippen molar-refractivity contribution in [3.63, 3.8) is 0 Å². The largest absolute Gasteiger partial charge is 0.478 e. The van der Waals surface area contributed by atoms with Gasteiger partial charge >= 0.3 is 0 Å². The number of nitrogens with one attached hydrogen (secondary N) is 1. The van der Waals surface area contributed by atoms with Gasteiger partial charge in [-0.3, -0.25) is 4.98 Å². The molecule has 1 N–H and O–H groups in total. The minimum absolute atomic E-state index is 0.583. The summed E-state index contributed by atoms with van der Waals surface area (Å²) in [6.07, 6.45) is 4.60. The summed E-state index contributed by atoms with van der Waals surface area (Å²) in [5.74, 6) is 1.20. The lowest BCUT2D eigenvalue weighted by Crippen LogP contribution is -2.07. The maximum Gasteiger partial charge on any atom is 0.226 e. The molecule has 0 saturated heterocycles. The molecule has 2 aromatic rings. The monoisotopic (exact) mass is 272 g/mol. The van der Waals surface area contributed by atoms with Crippen LogP contribution in [0, 0.1) is 13.8 Å². The van der Waals surface area contributed by atoms with Crippen molar-refractivity contribution in [3.8, 4) is 5.88 Å². The Bertz CT molecular complexity index is 572. The third-order valence-electron chi connectivity index (χ3n) is 2.87. The molecular formula is C15H20N4O. The highest BCUT2D eigenvalue weighted by Crippen LogP contribution is 2.13. The Labute approximate surface area is 119 Å². The van der Waals surface area contributed by atoms with E-state index < -0.39 is 0 Å². The van der Waals surface area contributed by atoms with Crippen molar-refractivity contribution in [2.45, 2.75) is 33.7 Å². The number of pyridine rings is 1. The Kier molecular flexibility index (Phi) is 4.87. The van der Waals surface area contributed by atoms with Gasteiger partial charge in [0.1, 0.15) is 0 Å². The van der Waals surface area contributed by atoms with Gasteiger partial charge in [0.15, 0.2) is 0 Å². The number of anilines is 1. The van der Waals surface area contributed by atoms with E-state index in [-0.39, 0.29) is 0 Å². The fourth-order valence-corrected chi connectivity index (χ4v) is 1.76. The quantitative estimate of drug-likeness (QED) is 0.876. The van der Waals surface area contributed by atoms with Crippen LogP contribution < -0.4 is 10.1 Å². The Morgan fingerprint density at radius 3 is 2.85 bits per heavy atom. The average molecular weight is 272 g/mol. The van der Waals surface area contributed by atoms with E-state index in [9.17, 15) is 0 Å². The molecule has 5 heteroatoms. The second-order valence-corrected chi connectivity index (χ2v) is 4.68. The molecule has 106 valence electrons. The summed E-state index contributed by atoms with van der Waals surface area (Å²) in [6.45, 7) is 7.37. The van der Waals surface area contributed by atoms with Crippen molar-refractivity contribution in [3.05, 3.63) is 41.3 Å². The number of nitrogens with zero attached hydrogens (tertiary/aromatic N) is 3. The zero-order valence-electron chi connectivity index (χ0n) is 12.2. The van der Waals surface area contributed by atoms with E-state index in [4.69, 9.17) is 4.74 Å². The molecule has 0 amide bonds. The summed E-state index contributed by atoms with van der Waals surface area (Å²) in [4.78, 5) is 12.8. The van der Waals surface area contributed by atoms with Crippen LogP contribution in [0.1, 0.15) is 30.2 Å². The molecule has 2 heterocycles. The van der Waals surface area contributed by atoms with Crippen LogP contribution in [-0.2, 0) is 6.54 Å². The predicted molar refractivity (Wildman–Crippen MR) is 78.9 cm³/mol. The Hall–Kier alpha value is -2.17. The molecular weight excluding hydrogens is 252 g/mol. The highest BCUT2D eigenvalue weighted by Gasteiger charge is 2.04. The molecule has 0 spiro atoms. The molecule has 0 aliphatic carbocycles. The van der Waals surface area contributed by atoms with Crippen LogP contribution in [0.5, 0.6) is 5.88 Å². The van der Waals surface area contributed by atoms with E-state index in [1.807, 2.05) is 25.3 Å². The Morgan fingerprint density at radius 2 is 2.10 bits per heavy atom. The third-order valence-corrected chi connectivity index (χ3v) is 2.87. The number of aryl methyl sites for hydroxylation is 2. The average Bonchev–Trinajstić information content (AvgIpc) is 2.44. The van der Waals surface area contributed by atoms with Gasteiger partial charge in [-0.25, -0.2) is 4.98 Å². The summed E-state index contributed by atoms with van der Waals surface area (Å²) in [5, 5.41) is 3.22. The van der Waals surface area contributed by atoms with Crippen molar-refractivity contribution in [1.82, 2.24) is 15.0 Å². The molecule has 0 unspecified atom stereocenters. The maximum absolute atomic E-state index is 5.55. The molecule has 0 radical (unpaired) electrons. The van der Waals surface area contributed by atoms with Crippen LogP contribution in [0.25, 0.3) is 0 Å². The lowest BCUT2D eigenvalue weighted by molar-refractivity contribution is 0.305. The van der Waals surface area contributed by atoms with Gasteiger partial charge in [0.2, 0.25) is 11.8 Å². The number of aromatic nitrogens is 3. The van der Waals surface area contributed by atoms with Crippen molar-refractivity contribution in [1.29, 1.82) is 0 Å². The van der Waals surface area contributed by atoms with Gasteiger partial charge in [0.05, 0.1) is 6.61 Å². The molecule has 0 aliphatic rings. The van der Waals surface area contributed by atoms with E-state index in [1.165, 1.54) is 5.56 Å². The van der Waals surface area contributed by atoms with Crippen LogP contribution >= 0.6 is 0 Å². The molecule has 2 rings (SSSR count). The van der Waals surface area contributed by atoms with Gasteiger partial charge in [0.25, 0.3) is 0 Å². The first-order valence-electron chi connectivity index (χ1n) is 6.81. The minimum atomic E-state index is 0.583. The second kappa shape index (κ2) is 6.84. The normalized spacial score (nSPS) is 10.3. The zero-order valence-corrected chi connectivity index (χ0v) is 12.2.